The Labute approximate surface area is 103 Å². The lowest BCUT2D eigenvalue weighted by Gasteiger charge is -1.98. The summed E-state index contributed by atoms with van der Waals surface area (Å²) >= 11 is 0. The molecule has 0 bridgehead atoms. The fraction of sp³-hybridized carbons (Fsp3) is 0.154. The highest BCUT2D eigenvalue weighted by Crippen LogP contribution is 2.11. The Bertz CT molecular complexity index is 671. The van der Waals surface area contributed by atoms with Crippen molar-refractivity contribution in [1.82, 2.24) is 14.4 Å². The number of imidazole rings is 1. The van der Waals surface area contributed by atoms with E-state index in [0.29, 0.717) is 17.8 Å². The van der Waals surface area contributed by atoms with Gasteiger partial charge in [-0.05, 0) is 18.2 Å². The number of rotatable bonds is 4. The van der Waals surface area contributed by atoms with Gasteiger partial charge in [-0.25, -0.2) is 9.97 Å². The first-order valence-corrected chi connectivity index (χ1v) is 5.68. The summed E-state index contributed by atoms with van der Waals surface area (Å²) in [6, 6.07) is 5.60. The molecule has 0 N–H and O–H groups in total. The van der Waals surface area contributed by atoms with E-state index in [0.717, 1.165) is 24.3 Å². The monoisotopic (exact) mass is 241 g/mol. The summed E-state index contributed by atoms with van der Waals surface area (Å²) in [5.41, 5.74) is 0.979. The van der Waals surface area contributed by atoms with Gasteiger partial charge in [-0.3, -0.25) is 9.20 Å². The summed E-state index contributed by atoms with van der Waals surface area (Å²) in [4.78, 5) is 19.4. The third-order valence-electron chi connectivity index (χ3n) is 2.79. The Balaban J connectivity index is 1.94. The quantitative estimate of drug-likeness (QED) is 0.655. The molecule has 3 heterocycles. The first kappa shape index (κ1) is 10.7. The lowest BCUT2D eigenvalue weighted by Crippen LogP contribution is -1.97. The fourth-order valence-electron chi connectivity index (χ4n) is 1.96. The van der Waals surface area contributed by atoms with Gasteiger partial charge in [0.05, 0.1) is 6.26 Å². The number of aromatic nitrogens is 3. The van der Waals surface area contributed by atoms with Crippen LogP contribution in [0.1, 0.15) is 22.1 Å². The van der Waals surface area contributed by atoms with Crippen LogP contribution in [-0.2, 0) is 12.8 Å². The van der Waals surface area contributed by atoms with E-state index >= 15 is 0 Å². The zero-order valence-corrected chi connectivity index (χ0v) is 9.61. The third-order valence-corrected chi connectivity index (χ3v) is 2.79. The second kappa shape index (κ2) is 4.44. The van der Waals surface area contributed by atoms with E-state index < -0.39 is 0 Å². The van der Waals surface area contributed by atoms with Crippen molar-refractivity contribution in [2.75, 3.05) is 0 Å². The van der Waals surface area contributed by atoms with Gasteiger partial charge in [0.1, 0.15) is 17.3 Å². The van der Waals surface area contributed by atoms with Crippen molar-refractivity contribution in [3.05, 3.63) is 54.1 Å². The molecule has 0 aromatic carbocycles. The van der Waals surface area contributed by atoms with Gasteiger partial charge in [-0.1, -0.05) is 0 Å². The van der Waals surface area contributed by atoms with Crippen molar-refractivity contribution in [3.63, 3.8) is 0 Å². The molecule has 18 heavy (non-hydrogen) atoms. The molecule has 0 unspecified atom stereocenters. The number of carbonyl (C=O) groups excluding carboxylic acids is 1. The molecule has 3 aromatic heterocycles. The number of hydrogen-bond acceptors (Lipinski definition) is 4. The highest BCUT2D eigenvalue weighted by atomic mass is 16.3. The largest absolute Gasteiger partial charge is 0.469 e. The maximum Gasteiger partial charge on any atom is 0.172 e. The topological polar surface area (TPSA) is 60.4 Å². The molecule has 0 radical (unpaired) electrons. The van der Waals surface area contributed by atoms with Crippen LogP contribution >= 0.6 is 0 Å². The van der Waals surface area contributed by atoms with Gasteiger partial charge in [0.25, 0.3) is 0 Å². The van der Waals surface area contributed by atoms with Gasteiger partial charge >= 0.3 is 0 Å². The van der Waals surface area contributed by atoms with Gasteiger partial charge in [0, 0.05) is 25.2 Å². The number of aldehydes is 1. The highest BCUT2D eigenvalue weighted by molar-refractivity contribution is 5.81. The Morgan fingerprint density at radius 3 is 3.06 bits per heavy atom. The summed E-state index contributed by atoms with van der Waals surface area (Å²) in [5, 5.41) is 0. The molecule has 0 saturated heterocycles. The minimum Gasteiger partial charge on any atom is -0.469 e. The van der Waals surface area contributed by atoms with E-state index in [4.69, 9.17) is 4.42 Å². The number of carbonyl (C=O) groups is 1. The predicted molar refractivity (Wildman–Crippen MR) is 64.5 cm³/mol. The molecule has 0 aliphatic rings. The molecular formula is C13H11N3O2. The van der Waals surface area contributed by atoms with Crippen molar-refractivity contribution in [2.24, 2.45) is 0 Å². The molecule has 0 aliphatic carbocycles. The minimum atomic E-state index is 0.380. The van der Waals surface area contributed by atoms with Gasteiger partial charge in [-0.2, -0.15) is 0 Å². The van der Waals surface area contributed by atoms with Crippen LogP contribution in [0.5, 0.6) is 0 Å². The van der Waals surface area contributed by atoms with E-state index in [9.17, 15) is 4.79 Å². The van der Waals surface area contributed by atoms with Crippen LogP contribution in [0.25, 0.3) is 5.65 Å². The molecule has 0 spiro atoms. The molecule has 5 nitrogen and oxygen atoms in total. The first-order valence-electron chi connectivity index (χ1n) is 5.68. The number of aryl methyl sites for hydroxylation is 2. The second-order valence-corrected chi connectivity index (χ2v) is 3.92. The van der Waals surface area contributed by atoms with Crippen molar-refractivity contribution in [1.29, 1.82) is 0 Å². The molecule has 0 amide bonds. The molecule has 5 heteroatoms. The minimum absolute atomic E-state index is 0.380. The van der Waals surface area contributed by atoms with Gasteiger partial charge in [0.2, 0.25) is 0 Å². The van der Waals surface area contributed by atoms with Gasteiger partial charge in [0.15, 0.2) is 11.9 Å². The van der Waals surface area contributed by atoms with Crippen LogP contribution in [0, 0.1) is 0 Å². The number of hydrogen-bond donors (Lipinski definition) is 0. The number of fused-ring (bicyclic) bond motifs is 1. The molecule has 0 aliphatic heterocycles. The van der Waals surface area contributed by atoms with Gasteiger partial charge in [-0.15, -0.1) is 0 Å². The van der Waals surface area contributed by atoms with E-state index in [-0.39, 0.29) is 0 Å². The average molecular weight is 241 g/mol. The Morgan fingerprint density at radius 2 is 2.28 bits per heavy atom. The molecule has 0 saturated carbocycles. The first-order chi connectivity index (χ1) is 8.88. The van der Waals surface area contributed by atoms with E-state index in [1.54, 1.807) is 12.5 Å². The smallest absolute Gasteiger partial charge is 0.172 e. The summed E-state index contributed by atoms with van der Waals surface area (Å²) in [5.74, 6) is 1.72. The molecule has 90 valence electrons. The summed E-state index contributed by atoms with van der Waals surface area (Å²) in [7, 11) is 0. The Hall–Kier alpha value is -2.43. The standard InChI is InChI=1S/C13H11N3O2/c17-9-11-13-14-6-2-7-16(13)12(15-11)5-4-10-3-1-8-18-10/h1-3,6-9H,4-5H2. The molecular weight excluding hydrogens is 230 g/mol. The summed E-state index contributed by atoms with van der Waals surface area (Å²) < 4.78 is 7.12. The van der Waals surface area contributed by atoms with Crippen LogP contribution in [-0.4, -0.2) is 20.7 Å². The van der Waals surface area contributed by atoms with Crippen molar-refractivity contribution in [3.8, 4) is 0 Å². The van der Waals surface area contributed by atoms with E-state index in [2.05, 4.69) is 9.97 Å². The second-order valence-electron chi connectivity index (χ2n) is 3.92. The normalized spacial score (nSPS) is 10.9. The van der Waals surface area contributed by atoms with Crippen molar-refractivity contribution >= 4 is 11.9 Å². The number of furan rings is 1. The molecule has 3 rings (SSSR count). The fourth-order valence-corrected chi connectivity index (χ4v) is 1.96. The van der Waals surface area contributed by atoms with Crippen LogP contribution in [0.15, 0.2) is 41.3 Å². The zero-order valence-electron chi connectivity index (χ0n) is 9.61. The summed E-state index contributed by atoms with van der Waals surface area (Å²) in [6.07, 6.45) is 7.35. The van der Waals surface area contributed by atoms with Crippen LogP contribution in [0.2, 0.25) is 0 Å². The van der Waals surface area contributed by atoms with Crippen molar-refractivity contribution in [2.45, 2.75) is 12.8 Å². The average Bonchev–Trinajstić information content (AvgIpc) is 3.04. The zero-order chi connectivity index (χ0) is 12.4. The molecule has 0 fully saturated rings. The number of nitrogens with zero attached hydrogens (tertiary/aromatic N) is 3. The van der Waals surface area contributed by atoms with Crippen LogP contribution in [0.3, 0.4) is 0 Å². The SMILES string of the molecule is O=Cc1nc(CCc2ccco2)n2cccnc12. The van der Waals surface area contributed by atoms with Gasteiger partial charge < -0.3 is 4.42 Å². The molecule has 0 atom stereocenters. The lowest BCUT2D eigenvalue weighted by molar-refractivity contribution is 0.112. The lowest BCUT2D eigenvalue weighted by atomic mass is 10.2. The van der Waals surface area contributed by atoms with Crippen LogP contribution in [0.4, 0.5) is 0 Å². The maximum absolute atomic E-state index is 10.9. The van der Waals surface area contributed by atoms with E-state index in [1.165, 1.54) is 0 Å². The summed E-state index contributed by atoms with van der Waals surface area (Å²) in [6.45, 7) is 0. The van der Waals surface area contributed by atoms with Crippen molar-refractivity contribution < 1.29 is 9.21 Å². The van der Waals surface area contributed by atoms with E-state index in [1.807, 2.05) is 28.8 Å². The Kier molecular flexibility index (Phi) is 2.64. The highest BCUT2D eigenvalue weighted by Gasteiger charge is 2.11. The van der Waals surface area contributed by atoms with Crippen LogP contribution < -0.4 is 0 Å². The molecule has 3 aromatic rings. The Morgan fingerprint density at radius 1 is 1.33 bits per heavy atom. The predicted octanol–water partition coefficient (Wildman–Crippen LogP) is 1.92. The maximum atomic E-state index is 10.9. The third kappa shape index (κ3) is 1.79.